The van der Waals surface area contributed by atoms with Crippen molar-refractivity contribution in [1.82, 2.24) is 25.5 Å². The standard InChI is InChI=1S/C24H26N6O3S.3H2/c1-14(2)34(31,32)18-9-10-19(15(3)11-18)20-13-27-22(25)21(28-20)24-30-29-23(33-24)17-7-5-16(6-8-17)12-26-4;;;/h5-11,13-14,26H,12H2,1-4H3,(H2,25,27);3*1H. The molecule has 0 saturated carbocycles. The molecule has 0 aliphatic rings. The Labute approximate surface area is 202 Å². The maximum Gasteiger partial charge on any atom is 0.270 e. The van der Waals surface area contributed by atoms with Gasteiger partial charge in [0, 0.05) is 22.0 Å². The molecule has 0 fully saturated rings. The minimum absolute atomic E-state index is 0. The molecule has 10 heteroatoms. The van der Waals surface area contributed by atoms with Crippen LogP contribution < -0.4 is 11.1 Å². The molecule has 0 saturated heterocycles. The average Bonchev–Trinajstić information content (AvgIpc) is 3.30. The summed E-state index contributed by atoms with van der Waals surface area (Å²) in [5.41, 5.74) is 10.2. The van der Waals surface area contributed by atoms with Gasteiger partial charge < -0.3 is 15.5 Å². The van der Waals surface area contributed by atoms with Gasteiger partial charge in [0.1, 0.15) is 0 Å². The summed E-state index contributed by atoms with van der Waals surface area (Å²) >= 11 is 0. The van der Waals surface area contributed by atoms with E-state index in [0.717, 1.165) is 28.8 Å². The van der Waals surface area contributed by atoms with Crippen LogP contribution in [0.25, 0.3) is 34.3 Å². The van der Waals surface area contributed by atoms with Crippen molar-refractivity contribution in [2.75, 3.05) is 12.8 Å². The van der Waals surface area contributed by atoms with Crippen LogP contribution in [0.5, 0.6) is 0 Å². The Balaban J connectivity index is 0.00000228. The predicted molar refractivity (Wildman–Crippen MR) is 137 cm³/mol. The third-order valence-electron chi connectivity index (χ3n) is 5.43. The van der Waals surface area contributed by atoms with Gasteiger partial charge in [-0.15, -0.1) is 10.2 Å². The molecule has 2 aromatic carbocycles. The lowest BCUT2D eigenvalue weighted by atomic mass is 10.1. The highest BCUT2D eigenvalue weighted by atomic mass is 32.2. The third-order valence-corrected chi connectivity index (χ3v) is 7.59. The molecule has 4 aromatic rings. The van der Waals surface area contributed by atoms with Gasteiger partial charge in [-0.1, -0.05) is 18.2 Å². The molecule has 0 spiro atoms. The lowest BCUT2D eigenvalue weighted by molar-refractivity contribution is 0.582. The van der Waals surface area contributed by atoms with Crippen molar-refractivity contribution < 1.29 is 17.1 Å². The number of benzene rings is 2. The van der Waals surface area contributed by atoms with E-state index in [1.165, 1.54) is 6.20 Å². The fraction of sp³-hybridized carbons (Fsp3) is 0.250. The Hall–Kier alpha value is -3.63. The van der Waals surface area contributed by atoms with Crippen LogP contribution in [0.15, 0.2) is 58.0 Å². The maximum absolute atomic E-state index is 12.5. The molecule has 4 rings (SSSR count). The zero-order valence-corrected chi connectivity index (χ0v) is 20.2. The zero-order valence-electron chi connectivity index (χ0n) is 19.4. The number of nitrogen functional groups attached to an aromatic ring is 1. The first-order chi connectivity index (χ1) is 16.2. The number of aromatic nitrogens is 4. The number of sulfone groups is 1. The maximum atomic E-state index is 12.5. The number of nitrogens with two attached hydrogens (primary N) is 1. The van der Waals surface area contributed by atoms with Crippen LogP contribution in [0.1, 0.15) is 29.3 Å². The van der Waals surface area contributed by atoms with Crippen LogP contribution in [-0.4, -0.2) is 40.9 Å². The van der Waals surface area contributed by atoms with Crippen molar-refractivity contribution in [3.8, 4) is 34.3 Å². The first-order valence-corrected chi connectivity index (χ1v) is 12.3. The molecule has 0 bridgehead atoms. The highest BCUT2D eigenvalue weighted by Gasteiger charge is 2.21. The zero-order chi connectivity index (χ0) is 24.5. The van der Waals surface area contributed by atoms with Crippen LogP contribution >= 0.6 is 0 Å². The molecule has 0 aliphatic carbocycles. The second-order valence-electron chi connectivity index (χ2n) is 8.20. The van der Waals surface area contributed by atoms with E-state index in [4.69, 9.17) is 10.2 Å². The van der Waals surface area contributed by atoms with Gasteiger partial charge in [0.2, 0.25) is 5.89 Å². The van der Waals surface area contributed by atoms with Gasteiger partial charge >= 0.3 is 0 Å². The highest BCUT2D eigenvalue weighted by Crippen LogP contribution is 2.30. The van der Waals surface area contributed by atoms with Crippen molar-refractivity contribution in [3.63, 3.8) is 0 Å². The second-order valence-corrected chi connectivity index (χ2v) is 10.7. The van der Waals surface area contributed by atoms with Gasteiger partial charge in [0.05, 0.1) is 22.0 Å². The Morgan fingerprint density at radius 2 is 1.79 bits per heavy atom. The number of nitrogens with one attached hydrogen (secondary N) is 1. The largest absolute Gasteiger partial charge is 0.414 e. The number of hydrogen-bond donors (Lipinski definition) is 2. The van der Waals surface area contributed by atoms with E-state index in [1.54, 1.807) is 32.0 Å². The molecule has 3 N–H and O–H groups in total. The van der Waals surface area contributed by atoms with Crippen molar-refractivity contribution in [2.24, 2.45) is 0 Å². The molecule has 0 amide bonds. The Bertz CT molecular complexity index is 1440. The minimum atomic E-state index is -3.38. The number of hydrogen-bond acceptors (Lipinski definition) is 9. The summed E-state index contributed by atoms with van der Waals surface area (Å²) in [6.45, 7) is 5.91. The Kier molecular flexibility index (Phi) is 6.45. The summed E-state index contributed by atoms with van der Waals surface area (Å²) < 4.78 is 30.9. The Morgan fingerprint density at radius 1 is 1.09 bits per heavy atom. The molecular weight excluding hydrogens is 452 g/mol. The SMILES string of the molecule is CNCc1ccc(-c2nnc(-c3nc(-c4ccc(S(=O)(=O)C(C)C)cc4C)cnc3N)o2)cc1.[HH].[HH].[HH]. The smallest absolute Gasteiger partial charge is 0.270 e. The molecule has 2 heterocycles. The van der Waals surface area contributed by atoms with E-state index < -0.39 is 15.1 Å². The third kappa shape index (κ3) is 4.55. The average molecular weight is 485 g/mol. The minimum Gasteiger partial charge on any atom is -0.414 e. The van der Waals surface area contributed by atoms with Gasteiger partial charge in [-0.2, -0.15) is 0 Å². The first kappa shape index (κ1) is 23.5. The normalized spacial score (nSPS) is 11.8. The van der Waals surface area contributed by atoms with Crippen LogP contribution in [0, 0.1) is 6.92 Å². The summed E-state index contributed by atoms with van der Waals surface area (Å²) in [4.78, 5) is 9.13. The number of nitrogens with zero attached hydrogens (tertiary/aromatic N) is 4. The Morgan fingerprint density at radius 3 is 2.44 bits per heavy atom. The van der Waals surface area contributed by atoms with E-state index >= 15 is 0 Å². The van der Waals surface area contributed by atoms with Gasteiger partial charge in [0.15, 0.2) is 21.3 Å². The predicted octanol–water partition coefficient (Wildman–Crippen LogP) is 4.39. The summed E-state index contributed by atoms with van der Waals surface area (Å²) in [6.07, 6.45) is 1.54. The molecule has 9 nitrogen and oxygen atoms in total. The molecule has 0 radical (unpaired) electrons. The van der Waals surface area contributed by atoms with Crippen molar-refractivity contribution in [3.05, 3.63) is 59.8 Å². The summed E-state index contributed by atoms with van der Waals surface area (Å²) in [7, 11) is -1.49. The topological polar surface area (TPSA) is 137 Å². The number of rotatable bonds is 7. The van der Waals surface area contributed by atoms with Gasteiger partial charge in [-0.3, -0.25) is 0 Å². The van der Waals surface area contributed by atoms with Crippen LogP contribution in [0.3, 0.4) is 0 Å². The van der Waals surface area contributed by atoms with Gasteiger partial charge in [-0.25, -0.2) is 18.4 Å². The van der Waals surface area contributed by atoms with E-state index in [-0.39, 0.29) is 26.6 Å². The molecule has 34 heavy (non-hydrogen) atoms. The highest BCUT2D eigenvalue weighted by molar-refractivity contribution is 7.92. The molecular formula is C24H32N6O3S. The van der Waals surface area contributed by atoms with Crippen LogP contribution in [-0.2, 0) is 16.4 Å². The first-order valence-electron chi connectivity index (χ1n) is 10.8. The number of aryl methyl sites for hydroxylation is 1. The molecule has 2 aromatic heterocycles. The molecule has 0 atom stereocenters. The second kappa shape index (κ2) is 9.32. The fourth-order valence-electron chi connectivity index (χ4n) is 3.46. The van der Waals surface area contributed by atoms with Crippen molar-refractivity contribution in [1.29, 1.82) is 0 Å². The summed E-state index contributed by atoms with van der Waals surface area (Å²) in [5, 5.41) is 10.8. The van der Waals surface area contributed by atoms with E-state index in [1.807, 2.05) is 38.2 Å². The van der Waals surface area contributed by atoms with Gasteiger partial charge in [-0.05, 0) is 63.2 Å². The number of anilines is 1. The van der Waals surface area contributed by atoms with Gasteiger partial charge in [0.25, 0.3) is 5.89 Å². The van der Waals surface area contributed by atoms with Crippen LogP contribution in [0.2, 0.25) is 0 Å². The van der Waals surface area contributed by atoms with E-state index in [9.17, 15) is 8.42 Å². The molecule has 0 unspecified atom stereocenters. The van der Waals surface area contributed by atoms with E-state index in [2.05, 4.69) is 25.5 Å². The molecule has 0 aliphatic heterocycles. The molecule has 182 valence electrons. The van der Waals surface area contributed by atoms with Crippen molar-refractivity contribution >= 4 is 15.7 Å². The summed E-state index contributed by atoms with van der Waals surface area (Å²) in [6, 6.07) is 12.7. The lowest BCUT2D eigenvalue weighted by Gasteiger charge is -2.12. The quantitative estimate of drug-likeness (QED) is 0.391. The van der Waals surface area contributed by atoms with Crippen LogP contribution in [0.4, 0.5) is 5.82 Å². The lowest BCUT2D eigenvalue weighted by Crippen LogP contribution is -2.14. The monoisotopic (exact) mass is 484 g/mol. The van der Waals surface area contributed by atoms with E-state index in [0.29, 0.717) is 11.6 Å². The fourth-order valence-corrected chi connectivity index (χ4v) is 4.61. The summed E-state index contributed by atoms with van der Waals surface area (Å²) in [5.74, 6) is 0.648. The van der Waals surface area contributed by atoms with Crippen molar-refractivity contribution in [2.45, 2.75) is 37.5 Å².